The minimum Gasteiger partial charge on any atom is -0.311 e. The van der Waals surface area contributed by atoms with Gasteiger partial charge in [0.1, 0.15) is 0 Å². The Morgan fingerprint density at radius 1 is 1.05 bits per heavy atom. The molecule has 0 spiro atoms. The van der Waals surface area contributed by atoms with Gasteiger partial charge in [0.15, 0.2) is 0 Å². The number of likely N-dealkylation sites (N-methyl/N-ethyl adjacent to an activating group) is 1. The summed E-state index contributed by atoms with van der Waals surface area (Å²) in [5, 5.41) is 4.52. The third-order valence-electron chi connectivity index (χ3n) is 3.67. The van der Waals surface area contributed by atoms with Gasteiger partial charge in [-0.1, -0.05) is 18.2 Å². The molecule has 1 aromatic carbocycles. The minimum atomic E-state index is 0.143. The van der Waals surface area contributed by atoms with Crippen LogP contribution in [0.1, 0.15) is 23.0 Å². The second-order valence-corrected chi connectivity index (χ2v) is 5.12. The van der Waals surface area contributed by atoms with E-state index in [-0.39, 0.29) is 6.04 Å². The average molecular weight is 278 g/mol. The molecule has 4 nitrogen and oxygen atoms in total. The topological polar surface area (TPSA) is 50.7 Å². The Labute approximate surface area is 124 Å². The van der Waals surface area contributed by atoms with Crippen molar-refractivity contribution in [3.63, 3.8) is 0 Å². The highest BCUT2D eigenvalue weighted by atomic mass is 14.9. The zero-order chi connectivity index (χ0) is 14.7. The summed E-state index contributed by atoms with van der Waals surface area (Å²) in [6, 6.07) is 10.4. The summed E-state index contributed by atoms with van der Waals surface area (Å²) in [4.78, 5) is 13.2. The van der Waals surface area contributed by atoms with Crippen LogP contribution in [0.2, 0.25) is 0 Å². The smallest absolute Gasteiger partial charge is 0.0759 e. The van der Waals surface area contributed by atoms with Gasteiger partial charge in [0, 0.05) is 17.8 Å². The number of pyridine rings is 1. The highest BCUT2D eigenvalue weighted by molar-refractivity contribution is 5.81. The average Bonchev–Trinajstić information content (AvgIpc) is 2.54. The zero-order valence-corrected chi connectivity index (χ0v) is 12.2. The van der Waals surface area contributed by atoms with E-state index in [4.69, 9.17) is 0 Å². The van der Waals surface area contributed by atoms with E-state index in [1.54, 1.807) is 0 Å². The Morgan fingerprint density at radius 2 is 1.90 bits per heavy atom. The lowest BCUT2D eigenvalue weighted by atomic mass is 10.00. The van der Waals surface area contributed by atoms with Crippen molar-refractivity contribution in [3.8, 4) is 0 Å². The van der Waals surface area contributed by atoms with E-state index < -0.39 is 0 Å². The van der Waals surface area contributed by atoms with Crippen LogP contribution in [0.15, 0.2) is 48.9 Å². The fourth-order valence-electron chi connectivity index (χ4n) is 2.49. The quantitative estimate of drug-likeness (QED) is 0.797. The molecule has 0 fully saturated rings. The Hall–Kier alpha value is -2.33. The van der Waals surface area contributed by atoms with Crippen LogP contribution in [0.5, 0.6) is 0 Å². The first-order valence-corrected chi connectivity index (χ1v) is 7.06. The van der Waals surface area contributed by atoms with Gasteiger partial charge in [-0.3, -0.25) is 15.0 Å². The predicted octanol–water partition coefficient (Wildman–Crippen LogP) is 2.84. The van der Waals surface area contributed by atoms with Crippen LogP contribution in [0.3, 0.4) is 0 Å². The number of hydrogen-bond acceptors (Lipinski definition) is 4. The van der Waals surface area contributed by atoms with Gasteiger partial charge in [0.25, 0.3) is 0 Å². The maximum atomic E-state index is 4.49. The number of para-hydroxylation sites is 1. The van der Waals surface area contributed by atoms with Gasteiger partial charge >= 0.3 is 0 Å². The van der Waals surface area contributed by atoms with Crippen molar-refractivity contribution in [1.82, 2.24) is 20.3 Å². The van der Waals surface area contributed by atoms with E-state index in [9.17, 15) is 0 Å². The van der Waals surface area contributed by atoms with Gasteiger partial charge in [-0.15, -0.1) is 0 Å². The molecule has 0 amide bonds. The molecule has 0 aliphatic carbocycles. The maximum Gasteiger partial charge on any atom is 0.0759 e. The van der Waals surface area contributed by atoms with Gasteiger partial charge < -0.3 is 5.32 Å². The first-order chi connectivity index (χ1) is 10.3. The second-order valence-electron chi connectivity index (χ2n) is 5.12. The molecular weight excluding hydrogens is 260 g/mol. The molecule has 1 atom stereocenters. The van der Waals surface area contributed by atoms with Crippen LogP contribution in [-0.4, -0.2) is 22.0 Å². The van der Waals surface area contributed by atoms with Crippen LogP contribution in [0, 0.1) is 6.92 Å². The minimum absolute atomic E-state index is 0.143. The molecule has 2 aromatic heterocycles. The number of nitrogens with zero attached hydrogens (tertiary/aromatic N) is 3. The number of aryl methyl sites for hydroxylation is 1. The molecule has 0 saturated heterocycles. The molecule has 106 valence electrons. The van der Waals surface area contributed by atoms with E-state index >= 15 is 0 Å². The molecule has 0 aliphatic heterocycles. The fraction of sp³-hybridized carbons (Fsp3) is 0.235. The van der Waals surface area contributed by atoms with Crippen molar-refractivity contribution in [3.05, 3.63) is 65.9 Å². The Morgan fingerprint density at radius 3 is 2.67 bits per heavy atom. The molecule has 3 aromatic rings. The molecule has 21 heavy (non-hydrogen) atoms. The van der Waals surface area contributed by atoms with Gasteiger partial charge in [0.2, 0.25) is 0 Å². The summed E-state index contributed by atoms with van der Waals surface area (Å²) < 4.78 is 0. The largest absolute Gasteiger partial charge is 0.311 e. The van der Waals surface area contributed by atoms with Crippen LogP contribution in [-0.2, 0) is 6.42 Å². The van der Waals surface area contributed by atoms with Crippen molar-refractivity contribution < 1.29 is 0 Å². The third kappa shape index (κ3) is 2.90. The lowest BCUT2D eigenvalue weighted by molar-refractivity contribution is 0.574. The van der Waals surface area contributed by atoms with Crippen LogP contribution >= 0.6 is 0 Å². The van der Waals surface area contributed by atoms with E-state index in [1.165, 1.54) is 10.9 Å². The number of aromatic nitrogens is 3. The summed E-state index contributed by atoms with van der Waals surface area (Å²) in [6.07, 6.45) is 6.38. The lowest BCUT2D eigenvalue weighted by Gasteiger charge is -2.16. The van der Waals surface area contributed by atoms with E-state index in [0.29, 0.717) is 0 Å². The number of benzene rings is 1. The summed E-state index contributed by atoms with van der Waals surface area (Å²) >= 11 is 0. The molecule has 1 unspecified atom stereocenters. The van der Waals surface area contributed by atoms with E-state index in [0.717, 1.165) is 23.3 Å². The van der Waals surface area contributed by atoms with Crippen LogP contribution in [0.4, 0.5) is 0 Å². The third-order valence-corrected chi connectivity index (χ3v) is 3.67. The zero-order valence-electron chi connectivity index (χ0n) is 12.2. The van der Waals surface area contributed by atoms with E-state index in [2.05, 4.69) is 32.4 Å². The fourth-order valence-corrected chi connectivity index (χ4v) is 2.49. The Kier molecular flexibility index (Phi) is 3.88. The highest BCUT2D eigenvalue weighted by Gasteiger charge is 2.13. The van der Waals surface area contributed by atoms with Crippen molar-refractivity contribution in [1.29, 1.82) is 0 Å². The van der Waals surface area contributed by atoms with Gasteiger partial charge in [-0.2, -0.15) is 0 Å². The van der Waals surface area contributed by atoms with Gasteiger partial charge in [-0.05, 0) is 38.1 Å². The number of rotatable bonds is 4. The SMILES string of the molecule is CNC(Cc1ccnc2ccccc12)c1cnc(C)cn1. The summed E-state index contributed by atoms with van der Waals surface area (Å²) in [5.41, 5.74) is 4.19. The monoisotopic (exact) mass is 278 g/mol. The number of fused-ring (bicyclic) bond motifs is 1. The van der Waals surface area contributed by atoms with Crippen LogP contribution < -0.4 is 5.32 Å². The molecule has 0 aliphatic rings. The molecular formula is C17H18N4. The Balaban J connectivity index is 1.94. The molecule has 0 bridgehead atoms. The number of hydrogen-bond donors (Lipinski definition) is 1. The van der Waals surface area contributed by atoms with Crippen LogP contribution in [0.25, 0.3) is 10.9 Å². The first-order valence-electron chi connectivity index (χ1n) is 7.06. The summed E-state index contributed by atoms with van der Waals surface area (Å²) in [7, 11) is 1.95. The Bertz CT molecular complexity index is 732. The van der Waals surface area contributed by atoms with E-state index in [1.807, 2.05) is 50.8 Å². The van der Waals surface area contributed by atoms with Crippen molar-refractivity contribution in [2.45, 2.75) is 19.4 Å². The summed E-state index contributed by atoms with van der Waals surface area (Å²) in [5.74, 6) is 0. The molecule has 3 rings (SSSR count). The normalized spacial score (nSPS) is 12.5. The lowest BCUT2D eigenvalue weighted by Crippen LogP contribution is -2.20. The number of nitrogens with one attached hydrogen (secondary N) is 1. The highest BCUT2D eigenvalue weighted by Crippen LogP contribution is 2.22. The van der Waals surface area contributed by atoms with Gasteiger partial charge in [-0.25, -0.2) is 0 Å². The molecule has 0 radical (unpaired) electrons. The molecule has 2 heterocycles. The van der Waals surface area contributed by atoms with Crippen molar-refractivity contribution >= 4 is 10.9 Å². The maximum absolute atomic E-state index is 4.49. The first kappa shape index (κ1) is 13.6. The standard InChI is InChI=1S/C17H18N4/c1-12-10-21-17(11-20-12)16(18-2)9-13-7-8-19-15-6-4-3-5-14(13)15/h3-8,10-11,16,18H,9H2,1-2H3. The van der Waals surface area contributed by atoms with Crippen molar-refractivity contribution in [2.75, 3.05) is 7.05 Å². The molecule has 4 heteroatoms. The molecule has 0 saturated carbocycles. The predicted molar refractivity (Wildman–Crippen MR) is 84.0 cm³/mol. The molecule has 1 N–H and O–H groups in total. The summed E-state index contributed by atoms with van der Waals surface area (Å²) in [6.45, 7) is 1.95. The second kappa shape index (κ2) is 5.97. The van der Waals surface area contributed by atoms with Crippen molar-refractivity contribution in [2.24, 2.45) is 0 Å². The van der Waals surface area contributed by atoms with Gasteiger partial charge in [0.05, 0.1) is 29.1 Å².